The lowest BCUT2D eigenvalue weighted by molar-refractivity contribution is 0.404. The average Bonchev–Trinajstić information content (AvgIpc) is 3.10. The van der Waals surface area contributed by atoms with Gasteiger partial charge in [-0.15, -0.1) is 0 Å². The van der Waals surface area contributed by atoms with Crippen molar-refractivity contribution in [3.8, 4) is 29.7 Å². The van der Waals surface area contributed by atoms with Gasteiger partial charge in [-0.25, -0.2) is 0 Å². The van der Waals surface area contributed by atoms with Gasteiger partial charge in [0.05, 0.1) is 24.3 Å². The third kappa shape index (κ3) is 2.47. The van der Waals surface area contributed by atoms with E-state index in [-0.39, 0.29) is 22.6 Å². The highest BCUT2D eigenvalue weighted by atomic mass is 16.5. The van der Waals surface area contributed by atoms with Gasteiger partial charge in [0.2, 0.25) is 0 Å². The zero-order chi connectivity index (χ0) is 18.8. The van der Waals surface area contributed by atoms with Gasteiger partial charge >= 0.3 is 0 Å². The molecule has 0 amide bonds. The second-order valence-corrected chi connectivity index (χ2v) is 5.55. The maximum atomic E-state index is 10.5. The van der Waals surface area contributed by atoms with Crippen molar-refractivity contribution in [1.82, 2.24) is 0 Å². The number of fused-ring (bicyclic) bond motifs is 1. The SMILES string of the molecule is COc1c(C2C=C(C#N)C(=C(C#N)C#N)N=C2C)c(O)cc2occc12. The maximum absolute atomic E-state index is 10.5. The van der Waals surface area contributed by atoms with Gasteiger partial charge in [-0.3, -0.25) is 4.99 Å². The van der Waals surface area contributed by atoms with Crippen molar-refractivity contribution in [2.45, 2.75) is 12.8 Å². The fraction of sp³-hybridized carbons (Fsp3) is 0.158. The molecule has 0 saturated carbocycles. The zero-order valence-corrected chi connectivity index (χ0v) is 13.9. The summed E-state index contributed by atoms with van der Waals surface area (Å²) < 4.78 is 10.8. The second kappa shape index (κ2) is 6.47. The molecule has 3 rings (SSSR count). The molecule has 1 aromatic carbocycles. The van der Waals surface area contributed by atoms with Crippen LogP contribution in [0.3, 0.4) is 0 Å². The van der Waals surface area contributed by atoms with Gasteiger partial charge in [0.15, 0.2) is 5.57 Å². The average molecular weight is 344 g/mol. The van der Waals surface area contributed by atoms with E-state index in [1.54, 1.807) is 31.2 Å². The zero-order valence-electron chi connectivity index (χ0n) is 13.9. The van der Waals surface area contributed by atoms with Crippen LogP contribution in [0.25, 0.3) is 11.0 Å². The number of furan rings is 1. The van der Waals surface area contributed by atoms with Gasteiger partial charge in [-0.1, -0.05) is 6.08 Å². The van der Waals surface area contributed by atoms with Gasteiger partial charge in [0, 0.05) is 23.3 Å². The second-order valence-electron chi connectivity index (χ2n) is 5.55. The van der Waals surface area contributed by atoms with Gasteiger partial charge < -0.3 is 14.3 Å². The number of phenols is 1. The summed E-state index contributed by atoms with van der Waals surface area (Å²) in [5, 5.41) is 38.8. The number of ether oxygens (including phenoxy) is 1. The van der Waals surface area contributed by atoms with Crippen molar-refractivity contribution < 1.29 is 14.3 Å². The Morgan fingerprint density at radius 3 is 2.65 bits per heavy atom. The Balaban J connectivity index is 2.27. The van der Waals surface area contributed by atoms with Crippen LogP contribution in [0, 0.1) is 34.0 Å². The normalized spacial score (nSPS) is 16.1. The molecule has 7 nitrogen and oxygen atoms in total. The molecule has 1 aromatic heterocycles. The molecule has 7 heteroatoms. The summed E-state index contributed by atoms with van der Waals surface area (Å²) in [6, 6.07) is 8.65. The van der Waals surface area contributed by atoms with Crippen LogP contribution >= 0.6 is 0 Å². The predicted octanol–water partition coefficient (Wildman–Crippen LogP) is 3.46. The lowest BCUT2D eigenvalue weighted by atomic mass is 9.87. The first-order valence-corrected chi connectivity index (χ1v) is 7.54. The summed E-state index contributed by atoms with van der Waals surface area (Å²) in [6.07, 6.45) is 3.05. The number of nitriles is 3. The van der Waals surface area contributed by atoms with Crippen LogP contribution in [0.1, 0.15) is 18.4 Å². The standard InChI is InChI=1S/C19H12N4O3/c1-10-14(5-11(7-20)18(23-10)12(8-21)9-22)17-15(24)6-16-13(3-4-26-16)19(17)25-2/h3-6,14,24H,1-2H3. The molecular weight excluding hydrogens is 332 g/mol. The first kappa shape index (κ1) is 16.8. The molecule has 2 heterocycles. The van der Waals surface area contributed by atoms with Gasteiger partial charge in [-0.05, 0) is 13.0 Å². The number of hydrogen-bond acceptors (Lipinski definition) is 7. The Kier molecular flexibility index (Phi) is 4.19. The number of benzene rings is 1. The number of aromatic hydroxyl groups is 1. The fourth-order valence-electron chi connectivity index (χ4n) is 2.98. The number of rotatable bonds is 2. The number of nitrogens with zero attached hydrogens (tertiary/aromatic N) is 4. The molecule has 2 aromatic rings. The smallest absolute Gasteiger partial charge is 0.156 e. The van der Waals surface area contributed by atoms with Crippen LogP contribution in [0.4, 0.5) is 0 Å². The van der Waals surface area contributed by atoms with Crippen molar-refractivity contribution >= 4 is 16.7 Å². The Bertz CT molecular complexity index is 1110. The Morgan fingerprint density at radius 2 is 2.04 bits per heavy atom. The quantitative estimate of drug-likeness (QED) is 0.831. The Labute approximate surface area is 149 Å². The van der Waals surface area contributed by atoms with E-state index in [4.69, 9.17) is 19.7 Å². The van der Waals surface area contributed by atoms with E-state index in [2.05, 4.69) is 4.99 Å². The molecule has 0 fully saturated rings. The van der Waals surface area contributed by atoms with Crippen LogP contribution in [-0.2, 0) is 0 Å². The largest absolute Gasteiger partial charge is 0.507 e. The van der Waals surface area contributed by atoms with Crippen molar-refractivity contribution in [3.63, 3.8) is 0 Å². The fourth-order valence-corrected chi connectivity index (χ4v) is 2.98. The van der Waals surface area contributed by atoms with E-state index in [0.29, 0.717) is 28.0 Å². The van der Waals surface area contributed by atoms with Crippen LogP contribution in [0.5, 0.6) is 11.5 Å². The molecule has 0 spiro atoms. The minimum Gasteiger partial charge on any atom is -0.507 e. The van der Waals surface area contributed by atoms with Crippen LogP contribution in [0.15, 0.2) is 50.7 Å². The van der Waals surface area contributed by atoms with Crippen molar-refractivity contribution in [3.05, 3.63) is 46.9 Å². The summed E-state index contributed by atoms with van der Waals surface area (Å²) >= 11 is 0. The van der Waals surface area contributed by atoms with Gasteiger partial charge in [0.1, 0.15) is 41.0 Å². The van der Waals surface area contributed by atoms with E-state index in [1.165, 1.54) is 19.4 Å². The molecule has 1 unspecified atom stereocenters. The summed E-state index contributed by atoms with van der Waals surface area (Å²) in [6.45, 7) is 1.69. The summed E-state index contributed by atoms with van der Waals surface area (Å²) in [5.41, 5.74) is 1.30. The number of aliphatic imine (C=N–C) groups is 1. The van der Waals surface area contributed by atoms with Crippen molar-refractivity contribution in [1.29, 1.82) is 15.8 Å². The Morgan fingerprint density at radius 1 is 1.31 bits per heavy atom. The van der Waals surface area contributed by atoms with Crippen LogP contribution in [0.2, 0.25) is 0 Å². The van der Waals surface area contributed by atoms with Gasteiger partial charge in [0.25, 0.3) is 0 Å². The number of methoxy groups -OCH3 is 1. The minimum absolute atomic E-state index is 0.0362. The highest BCUT2D eigenvalue weighted by Crippen LogP contribution is 2.44. The predicted molar refractivity (Wildman–Crippen MR) is 92.2 cm³/mol. The molecule has 1 N–H and O–H groups in total. The lowest BCUT2D eigenvalue weighted by Gasteiger charge is -2.22. The van der Waals surface area contributed by atoms with E-state index in [9.17, 15) is 10.4 Å². The first-order valence-electron chi connectivity index (χ1n) is 7.54. The van der Waals surface area contributed by atoms with Crippen molar-refractivity contribution in [2.24, 2.45) is 4.99 Å². The third-order valence-corrected chi connectivity index (χ3v) is 4.15. The maximum Gasteiger partial charge on any atom is 0.156 e. The van der Waals surface area contributed by atoms with E-state index in [1.807, 2.05) is 6.07 Å². The third-order valence-electron chi connectivity index (χ3n) is 4.15. The molecule has 1 aliphatic rings. The number of allylic oxidation sites excluding steroid dienone is 3. The molecule has 0 aliphatic carbocycles. The molecule has 26 heavy (non-hydrogen) atoms. The molecular formula is C19H12N4O3. The molecule has 0 saturated heterocycles. The number of hydrogen-bond donors (Lipinski definition) is 1. The Hall–Kier alpha value is -4.02. The van der Waals surface area contributed by atoms with Crippen molar-refractivity contribution in [2.75, 3.05) is 7.11 Å². The van der Waals surface area contributed by atoms with Gasteiger partial charge in [-0.2, -0.15) is 15.8 Å². The first-order chi connectivity index (χ1) is 12.5. The van der Waals surface area contributed by atoms with E-state index < -0.39 is 5.92 Å². The molecule has 0 radical (unpaired) electrons. The molecule has 126 valence electrons. The topological polar surface area (TPSA) is 126 Å². The molecule has 1 atom stereocenters. The van der Waals surface area contributed by atoms with Crippen LogP contribution < -0.4 is 4.74 Å². The van der Waals surface area contributed by atoms with E-state index >= 15 is 0 Å². The molecule has 1 aliphatic heterocycles. The highest BCUT2D eigenvalue weighted by Gasteiger charge is 2.29. The minimum atomic E-state index is -0.554. The number of phenolic OH excluding ortho intramolecular Hbond substituents is 1. The number of dihydropyridines is 1. The summed E-state index contributed by atoms with van der Waals surface area (Å²) in [7, 11) is 1.48. The summed E-state index contributed by atoms with van der Waals surface area (Å²) in [4.78, 5) is 4.29. The van der Waals surface area contributed by atoms with Crippen LogP contribution in [-0.4, -0.2) is 17.9 Å². The highest BCUT2D eigenvalue weighted by molar-refractivity contribution is 5.98. The van der Waals surface area contributed by atoms with E-state index in [0.717, 1.165) is 0 Å². The summed E-state index contributed by atoms with van der Waals surface area (Å²) in [5.74, 6) is -0.207. The molecule has 0 bridgehead atoms. The monoisotopic (exact) mass is 344 g/mol. The lowest BCUT2D eigenvalue weighted by Crippen LogP contribution is -2.14.